The minimum Gasteiger partial charge on any atom is -0.280 e. The van der Waals surface area contributed by atoms with Gasteiger partial charge in [-0.15, -0.1) is 0 Å². The van der Waals surface area contributed by atoms with Crippen molar-refractivity contribution in [1.29, 1.82) is 0 Å². The van der Waals surface area contributed by atoms with Gasteiger partial charge in [-0.2, -0.15) is 0 Å². The lowest BCUT2D eigenvalue weighted by atomic mass is 10.3. The fourth-order valence-corrected chi connectivity index (χ4v) is 4.67. The normalized spacial score (nSPS) is 11.8. The molecular weight excluding hydrogens is 436 g/mol. The molecule has 0 saturated heterocycles. The first-order valence-electron chi connectivity index (χ1n) is 8.29. The minimum absolute atomic E-state index is 0.0368. The van der Waals surface area contributed by atoms with Gasteiger partial charge in [-0.05, 0) is 62.4 Å². The molecule has 29 heavy (non-hydrogen) atoms. The van der Waals surface area contributed by atoms with Crippen molar-refractivity contribution in [2.75, 3.05) is 9.44 Å². The Hall–Kier alpha value is -2.69. The van der Waals surface area contributed by atoms with E-state index in [-0.39, 0.29) is 21.3 Å². The second-order valence-corrected chi connectivity index (χ2v) is 9.93. The van der Waals surface area contributed by atoms with Crippen LogP contribution in [0.3, 0.4) is 0 Å². The van der Waals surface area contributed by atoms with Crippen LogP contribution >= 0.6 is 11.6 Å². The van der Waals surface area contributed by atoms with Crippen LogP contribution in [-0.2, 0) is 20.0 Å². The fraction of sp³-hybridized carbons (Fsp3) is 0.111. The van der Waals surface area contributed by atoms with Crippen LogP contribution in [0.1, 0.15) is 11.5 Å². The topological polar surface area (TPSA) is 118 Å². The molecule has 2 N–H and O–H groups in total. The molecule has 3 rings (SSSR count). The van der Waals surface area contributed by atoms with Gasteiger partial charge in [0.1, 0.15) is 11.6 Å². The van der Waals surface area contributed by atoms with Crippen molar-refractivity contribution in [3.05, 3.63) is 71.1 Å². The third kappa shape index (κ3) is 5.22. The van der Waals surface area contributed by atoms with E-state index in [1.807, 2.05) is 0 Å². The summed E-state index contributed by atoms with van der Waals surface area (Å²) in [6.07, 6.45) is 0. The Morgan fingerprint density at radius 1 is 0.759 bits per heavy atom. The second-order valence-electron chi connectivity index (χ2n) is 6.13. The number of hydrogen-bond acceptors (Lipinski definition) is 6. The zero-order chi connectivity index (χ0) is 21.2. The molecule has 0 fully saturated rings. The summed E-state index contributed by atoms with van der Waals surface area (Å²) in [5.74, 6) is 0.595. The number of rotatable bonds is 6. The Bertz CT molecular complexity index is 1220. The quantitative estimate of drug-likeness (QED) is 0.592. The van der Waals surface area contributed by atoms with Gasteiger partial charge in [-0.3, -0.25) is 9.44 Å². The number of benzene rings is 2. The van der Waals surface area contributed by atoms with Gasteiger partial charge in [-0.1, -0.05) is 11.6 Å². The lowest BCUT2D eigenvalue weighted by Crippen LogP contribution is -2.15. The third-order valence-electron chi connectivity index (χ3n) is 3.75. The minimum atomic E-state index is -3.90. The number of aryl methyl sites for hydroxylation is 2. The number of nitrogens with one attached hydrogen (secondary N) is 2. The van der Waals surface area contributed by atoms with E-state index in [0.29, 0.717) is 16.5 Å². The van der Waals surface area contributed by atoms with Gasteiger partial charge in [0.15, 0.2) is 0 Å². The van der Waals surface area contributed by atoms with Crippen LogP contribution < -0.4 is 9.44 Å². The average molecular weight is 453 g/mol. The number of anilines is 2. The van der Waals surface area contributed by atoms with Gasteiger partial charge in [-0.25, -0.2) is 26.8 Å². The molecule has 0 aliphatic carbocycles. The monoisotopic (exact) mass is 452 g/mol. The smallest absolute Gasteiger partial charge is 0.263 e. The summed E-state index contributed by atoms with van der Waals surface area (Å²) >= 11 is 5.77. The molecule has 1 heterocycles. The number of halogens is 1. The maximum absolute atomic E-state index is 12.6. The van der Waals surface area contributed by atoms with Crippen LogP contribution in [0, 0.1) is 13.8 Å². The molecule has 0 unspecified atom stereocenters. The highest BCUT2D eigenvalue weighted by Crippen LogP contribution is 2.21. The Balaban J connectivity index is 1.79. The molecule has 152 valence electrons. The lowest BCUT2D eigenvalue weighted by Gasteiger charge is -2.11. The van der Waals surface area contributed by atoms with E-state index in [4.69, 9.17) is 11.6 Å². The third-order valence-corrected chi connectivity index (χ3v) is 6.77. The van der Waals surface area contributed by atoms with E-state index in [9.17, 15) is 16.8 Å². The molecule has 0 aliphatic rings. The molecule has 11 heteroatoms. The largest absolute Gasteiger partial charge is 0.280 e. The second kappa shape index (κ2) is 7.97. The van der Waals surface area contributed by atoms with Crippen LogP contribution in [-0.4, -0.2) is 26.8 Å². The van der Waals surface area contributed by atoms with Gasteiger partial charge in [0.25, 0.3) is 20.0 Å². The van der Waals surface area contributed by atoms with Crippen molar-refractivity contribution in [3.63, 3.8) is 0 Å². The average Bonchev–Trinajstić information content (AvgIpc) is 2.61. The SMILES string of the molecule is Cc1cc(NS(=O)(=O)c2ccc(NS(=O)(=O)c3ccc(Cl)cc3)cc2)nc(C)n1. The predicted molar refractivity (Wildman–Crippen MR) is 111 cm³/mol. The highest BCUT2D eigenvalue weighted by Gasteiger charge is 2.17. The molecule has 3 aromatic rings. The molecule has 0 saturated carbocycles. The summed E-state index contributed by atoms with van der Waals surface area (Å²) in [6.45, 7) is 3.39. The van der Waals surface area contributed by atoms with Crippen molar-refractivity contribution in [2.24, 2.45) is 0 Å². The van der Waals surface area contributed by atoms with E-state index < -0.39 is 20.0 Å². The summed E-state index contributed by atoms with van der Waals surface area (Å²) in [5, 5.41) is 0.417. The molecule has 0 amide bonds. The summed E-state index contributed by atoms with van der Waals surface area (Å²) in [7, 11) is -7.72. The predicted octanol–water partition coefficient (Wildman–Crippen LogP) is 3.35. The zero-order valence-corrected chi connectivity index (χ0v) is 17.8. The van der Waals surface area contributed by atoms with Crippen molar-refractivity contribution < 1.29 is 16.8 Å². The van der Waals surface area contributed by atoms with Crippen LogP contribution in [0.5, 0.6) is 0 Å². The van der Waals surface area contributed by atoms with Crippen LogP contribution in [0.15, 0.2) is 64.4 Å². The van der Waals surface area contributed by atoms with Crippen LogP contribution in [0.2, 0.25) is 5.02 Å². The molecule has 2 aromatic carbocycles. The van der Waals surface area contributed by atoms with E-state index in [1.54, 1.807) is 13.8 Å². The maximum Gasteiger partial charge on any atom is 0.263 e. The van der Waals surface area contributed by atoms with Gasteiger partial charge >= 0.3 is 0 Å². The standard InChI is InChI=1S/C18H17ClN4O4S2/c1-12-11-18(21-13(2)20-12)23-29(26,27)17-9-5-15(6-10-17)22-28(24,25)16-7-3-14(19)4-8-16/h3-11,22H,1-2H3,(H,20,21,23). The number of aromatic nitrogens is 2. The Morgan fingerprint density at radius 2 is 1.28 bits per heavy atom. The molecule has 1 aromatic heterocycles. The van der Waals surface area contributed by atoms with Crippen molar-refractivity contribution in [2.45, 2.75) is 23.6 Å². The molecule has 0 bridgehead atoms. The van der Waals surface area contributed by atoms with E-state index in [1.165, 1.54) is 54.6 Å². The molecular formula is C18H17ClN4O4S2. The van der Waals surface area contributed by atoms with Crippen molar-refractivity contribution >= 4 is 43.2 Å². The first kappa shape index (κ1) is 21.0. The zero-order valence-electron chi connectivity index (χ0n) is 15.4. The van der Waals surface area contributed by atoms with E-state index in [0.717, 1.165) is 0 Å². The Labute approximate surface area is 174 Å². The lowest BCUT2D eigenvalue weighted by molar-refractivity contribution is 0.600. The van der Waals surface area contributed by atoms with Gasteiger partial charge in [0.2, 0.25) is 0 Å². The van der Waals surface area contributed by atoms with E-state index in [2.05, 4.69) is 19.4 Å². The first-order valence-corrected chi connectivity index (χ1v) is 11.6. The Kier molecular flexibility index (Phi) is 5.78. The van der Waals surface area contributed by atoms with Gasteiger partial charge in [0.05, 0.1) is 9.79 Å². The highest BCUT2D eigenvalue weighted by molar-refractivity contribution is 7.93. The summed E-state index contributed by atoms with van der Waals surface area (Å²) < 4.78 is 54.7. The maximum atomic E-state index is 12.6. The molecule has 8 nitrogen and oxygen atoms in total. The van der Waals surface area contributed by atoms with Crippen LogP contribution in [0.25, 0.3) is 0 Å². The van der Waals surface area contributed by atoms with Crippen molar-refractivity contribution in [1.82, 2.24) is 9.97 Å². The van der Waals surface area contributed by atoms with Crippen LogP contribution in [0.4, 0.5) is 11.5 Å². The fourth-order valence-electron chi connectivity index (χ4n) is 2.50. The highest BCUT2D eigenvalue weighted by atomic mass is 35.5. The van der Waals surface area contributed by atoms with Gasteiger partial charge in [0, 0.05) is 22.5 Å². The summed E-state index contributed by atoms with van der Waals surface area (Å²) in [4.78, 5) is 8.14. The number of hydrogen-bond donors (Lipinski definition) is 2. The molecule has 0 atom stereocenters. The summed E-state index contributed by atoms with van der Waals surface area (Å²) in [6, 6.07) is 12.5. The van der Waals surface area contributed by atoms with E-state index >= 15 is 0 Å². The molecule has 0 spiro atoms. The number of nitrogens with zero attached hydrogens (tertiary/aromatic N) is 2. The number of sulfonamides is 2. The van der Waals surface area contributed by atoms with Crippen molar-refractivity contribution in [3.8, 4) is 0 Å². The van der Waals surface area contributed by atoms with Gasteiger partial charge < -0.3 is 0 Å². The molecule has 0 radical (unpaired) electrons. The first-order chi connectivity index (χ1) is 13.5. The summed E-state index contributed by atoms with van der Waals surface area (Å²) in [5.41, 5.74) is 0.842. The molecule has 0 aliphatic heterocycles. The Morgan fingerprint density at radius 3 is 1.83 bits per heavy atom.